The average molecular weight is 468 g/mol. The molecule has 5 nitrogen and oxygen atoms in total. The Morgan fingerprint density at radius 2 is 1.57 bits per heavy atom. The van der Waals surface area contributed by atoms with Gasteiger partial charge in [-0.05, 0) is 64.8 Å². The second kappa shape index (κ2) is 8.81. The number of methoxy groups -OCH3 is 2. The van der Waals surface area contributed by atoms with Gasteiger partial charge in [-0.25, -0.2) is 4.79 Å². The molecule has 0 N–H and O–H groups in total. The molecule has 0 radical (unpaired) electrons. The maximum Gasteiger partial charge on any atom is 0.410 e. The summed E-state index contributed by atoms with van der Waals surface area (Å²) in [6.45, 7) is 0.356. The molecular weight excluding hydrogens is 438 g/mol. The van der Waals surface area contributed by atoms with E-state index in [2.05, 4.69) is 60.7 Å². The van der Waals surface area contributed by atoms with Gasteiger partial charge in [-0.15, -0.1) is 0 Å². The number of carbonyl (C=O) groups excluding carboxylic acids is 1. The standard InChI is InChI=1S/C30H29NO4/c1-33-28-14-11-19(17-29(28)34-2)20-15-21-12-13-22(16-20)31(21)30(32)35-18-27-25-9-5-3-7-23(25)24-8-4-6-10-26(24)27/h3-11,14-15,17,21-22,27H,12-13,16,18H2,1-2H3. The summed E-state index contributed by atoms with van der Waals surface area (Å²) in [6.07, 6.45) is 4.79. The molecule has 6 rings (SSSR count). The van der Waals surface area contributed by atoms with Crippen LogP contribution in [0.3, 0.4) is 0 Å². The zero-order valence-electron chi connectivity index (χ0n) is 20.1. The number of hydrogen-bond acceptors (Lipinski definition) is 4. The van der Waals surface area contributed by atoms with Gasteiger partial charge in [-0.1, -0.05) is 60.7 Å². The number of ether oxygens (including phenoxy) is 3. The molecule has 1 fully saturated rings. The van der Waals surface area contributed by atoms with Crippen LogP contribution < -0.4 is 9.47 Å². The van der Waals surface area contributed by atoms with E-state index < -0.39 is 0 Å². The second-order valence-corrected chi connectivity index (χ2v) is 9.48. The number of amides is 1. The third-order valence-corrected chi connectivity index (χ3v) is 7.70. The van der Waals surface area contributed by atoms with Gasteiger partial charge in [0.15, 0.2) is 11.5 Å². The van der Waals surface area contributed by atoms with Crippen molar-refractivity contribution in [1.82, 2.24) is 4.90 Å². The zero-order chi connectivity index (χ0) is 23.9. The van der Waals surface area contributed by atoms with Gasteiger partial charge in [-0.2, -0.15) is 0 Å². The molecule has 2 atom stereocenters. The number of benzene rings is 3. The van der Waals surface area contributed by atoms with Crippen LogP contribution in [0.2, 0.25) is 0 Å². The lowest BCUT2D eigenvalue weighted by molar-refractivity contribution is 0.0866. The number of carbonyl (C=O) groups is 1. The van der Waals surface area contributed by atoms with E-state index in [9.17, 15) is 4.79 Å². The van der Waals surface area contributed by atoms with E-state index in [0.29, 0.717) is 6.61 Å². The quantitative estimate of drug-likeness (QED) is 0.444. The van der Waals surface area contributed by atoms with E-state index in [0.717, 1.165) is 36.3 Å². The molecule has 1 saturated heterocycles. The van der Waals surface area contributed by atoms with E-state index in [-0.39, 0.29) is 24.1 Å². The Labute approximate surface area is 205 Å². The highest BCUT2D eigenvalue weighted by molar-refractivity contribution is 5.79. The van der Waals surface area contributed by atoms with Crippen molar-refractivity contribution in [2.75, 3.05) is 20.8 Å². The second-order valence-electron chi connectivity index (χ2n) is 9.48. The highest BCUT2D eigenvalue weighted by Gasteiger charge is 2.41. The molecule has 0 aromatic heterocycles. The molecule has 2 bridgehead atoms. The maximum absolute atomic E-state index is 13.3. The first kappa shape index (κ1) is 21.8. The molecule has 178 valence electrons. The lowest BCUT2D eigenvalue weighted by atomic mass is 9.94. The fourth-order valence-electron chi connectivity index (χ4n) is 6.03. The van der Waals surface area contributed by atoms with Crippen molar-refractivity contribution in [2.45, 2.75) is 37.3 Å². The van der Waals surface area contributed by atoms with E-state index in [1.165, 1.54) is 27.8 Å². The normalized spacial score (nSPS) is 20.2. The third kappa shape index (κ3) is 3.66. The number of rotatable bonds is 5. The van der Waals surface area contributed by atoms with Crippen molar-refractivity contribution in [3.8, 4) is 22.6 Å². The molecular formula is C30H29NO4. The molecule has 3 aliphatic rings. The Kier molecular flexibility index (Phi) is 5.48. The van der Waals surface area contributed by atoms with Crippen LogP contribution >= 0.6 is 0 Å². The smallest absolute Gasteiger partial charge is 0.410 e. The topological polar surface area (TPSA) is 48.0 Å². The van der Waals surface area contributed by atoms with Crippen LogP contribution in [0.1, 0.15) is 41.9 Å². The SMILES string of the molecule is COc1ccc(C2=CC3CCC(C2)N3C(=O)OCC2c3ccccc3-c3ccccc32)cc1OC. The third-order valence-electron chi connectivity index (χ3n) is 7.70. The van der Waals surface area contributed by atoms with E-state index >= 15 is 0 Å². The minimum absolute atomic E-state index is 0.0625. The van der Waals surface area contributed by atoms with Crippen LogP contribution in [-0.4, -0.2) is 43.9 Å². The monoisotopic (exact) mass is 467 g/mol. The van der Waals surface area contributed by atoms with Crippen LogP contribution in [0.15, 0.2) is 72.8 Å². The predicted molar refractivity (Wildman–Crippen MR) is 136 cm³/mol. The summed E-state index contributed by atoms with van der Waals surface area (Å²) in [5.41, 5.74) is 7.32. The summed E-state index contributed by atoms with van der Waals surface area (Å²) < 4.78 is 16.9. The van der Waals surface area contributed by atoms with Crippen LogP contribution in [-0.2, 0) is 4.74 Å². The first-order valence-corrected chi connectivity index (χ1v) is 12.2. The van der Waals surface area contributed by atoms with Gasteiger partial charge >= 0.3 is 6.09 Å². The minimum Gasteiger partial charge on any atom is -0.493 e. The fraction of sp³-hybridized carbons (Fsp3) is 0.300. The Balaban J connectivity index is 1.19. The predicted octanol–water partition coefficient (Wildman–Crippen LogP) is 6.27. The zero-order valence-corrected chi connectivity index (χ0v) is 20.1. The van der Waals surface area contributed by atoms with Gasteiger partial charge < -0.3 is 14.2 Å². The van der Waals surface area contributed by atoms with Crippen molar-refractivity contribution >= 4 is 11.7 Å². The summed E-state index contributed by atoms with van der Waals surface area (Å²) in [5.74, 6) is 1.51. The van der Waals surface area contributed by atoms with Crippen LogP contribution in [0.5, 0.6) is 11.5 Å². The average Bonchev–Trinajstić information content (AvgIpc) is 3.37. The van der Waals surface area contributed by atoms with Crippen molar-refractivity contribution in [2.24, 2.45) is 0 Å². The van der Waals surface area contributed by atoms with Crippen molar-refractivity contribution < 1.29 is 19.0 Å². The molecule has 1 amide bonds. The van der Waals surface area contributed by atoms with Crippen LogP contribution in [0.25, 0.3) is 16.7 Å². The fourth-order valence-corrected chi connectivity index (χ4v) is 6.03. The number of fused-ring (bicyclic) bond motifs is 5. The molecule has 3 aromatic rings. The minimum atomic E-state index is -0.207. The Morgan fingerprint density at radius 1 is 0.886 bits per heavy atom. The van der Waals surface area contributed by atoms with E-state index in [4.69, 9.17) is 14.2 Å². The summed E-state index contributed by atoms with van der Waals surface area (Å²) in [6, 6.07) is 23.1. The lowest BCUT2D eigenvalue weighted by Gasteiger charge is -2.33. The lowest BCUT2D eigenvalue weighted by Crippen LogP contribution is -2.43. The van der Waals surface area contributed by atoms with Crippen LogP contribution in [0, 0.1) is 0 Å². The van der Waals surface area contributed by atoms with E-state index in [1.807, 2.05) is 17.0 Å². The van der Waals surface area contributed by atoms with Gasteiger partial charge in [0.05, 0.1) is 20.3 Å². The number of hydrogen-bond donors (Lipinski definition) is 0. The van der Waals surface area contributed by atoms with Crippen molar-refractivity contribution in [1.29, 1.82) is 0 Å². The summed E-state index contributed by atoms with van der Waals surface area (Å²) in [4.78, 5) is 15.3. The van der Waals surface area contributed by atoms with Gasteiger partial charge in [0.2, 0.25) is 0 Å². The van der Waals surface area contributed by atoms with Crippen molar-refractivity contribution in [3.05, 3.63) is 89.5 Å². The molecule has 1 aliphatic carbocycles. The highest BCUT2D eigenvalue weighted by atomic mass is 16.6. The largest absolute Gasteiger partial charge is 0.493 e. The first-order chi connectivity index (χ1) is 17.2. The van der Waals surface area contributed by atoms with Gasteiger partial charge in [0.25, 0.3) is 0 Å². The Bertz CT molecular complexity index is 1270. The van der Waals surface area contributed by atoms with E-state index in [1.54, 1.807) is 14.2 Å². The summed E-state index contributed by atoms with van der Waals surface area (Å²) >= 11 is 0. The molecule has 3 aromatic carbocycles. The Morgan fingerprint density at radius 3 is 2.23 bits per heavy atom. The molecule has 35 heavy (non-hydrogen) atoms. The molecule has 2 aliphatic heterocycles. The molecule has 5 heteroatoms. The van der Waals surface area contributed by atoms with Gasteiger partial charge in [0, 0.05) is 12.0 Å². The first-order valence-electron chi connectivity index (χ1n) is 12.2. The molecule has 0 saturated carbocycles. The molecule has 2 unspecified atom stereocenters. The highest BCUT2D eigenvalue weighted by Crippen LogP contribution is 2.45. The maximum atomic E-state index is 13.3. The van der Waals surface area contributed by atoms with Gasteiger partial charge in [-0.3, -0.25) is 4.90 Å². The number of nitrogens with zero attached hydrogens (tertiary/aromatic N) is 1. The molecule has 0 spiro atoms. The molecule has 2 heterocycles. The van der Waals surface area contributed by atoms with Crippen LogP contribution in [0.4, 0.5) is 4.79 Å². The van der Waals surface area contributed by atoms with Crippen molar-refractivity contribution in [3.63, 3.8) is 0 Å². The summed E-state index contributed by atoms with van der Waals surface area (Å²) in [7, 11) is 3.29. The Hall–Kier alpha value is -3.73. The summed E-state index contributed by atoms with van der Waals surface area (Å²) in [5, 5.41) is 0. The van der Waals surface area contributed by atoms with Gasteiger partial charge in [0.1, 0.15) is 6.61 Å².